The monoisotopic (exact) mass is 377 g/mol. The molecule has 0 spiro atoms. The van der Waals surface area contributed by atoms with Crippen molar-refractivity contribution in [3.05, 3.63) is 53.6 Å². The molecule has 0 bridgehead atoms. The number of hydrogen-bond donors (Lipinski definition) is 1. The van der Waals surface area contributed by atoms with Gasteiger partial charge in [-0.3, -0.25) is 9.59 Å². The lowest BCUT2D eigenvalue weighted by Gasteiger charge is -2.23. The molecule has 0 aromatic heterocycles. The number of fused-ring (bicyclic) bond motifs is 1. The highest BCUT2D eigenvalue weighted by molar-refractivity contribution is 8.01. The first-order valence-corrected chi connectivity index (χ1v) is 8.98. The molecule has 0 saturated carbocycles. The molecule has 2 aromatic carbocycles. The van der Waals surface area contributed by atoms with Gasteiger partial charge in [0.1, 0.15) is 19.0 Å². The zero-order valence-electron chi connectivity index (χ0n) is 13.2. The molecule has 1 N–H and O–H groups in total. The van der Waals surface area contributed by atoms with E-state index in [1.54, 1.807) is 24.3 Å². The molecule has 2 aromatic rings. The molecule has 7 heteroatoms. The number of para-hydroxylation sites is 1. The second-order valence-electron chi connectivity index (χ2n) is 5.32. The Labute approximate surface area is 154 Å². The quantitative estimate of drug-likeness (QED) is 0.613. The number of carbonyl (C=O) groups is 2. The van der Waals surface area contributed by atoms with Gasteiger partial charge in [-0.2, -0.15) is 0 Å². The van der Waals surface area contributed by atoms with Gasteiger partial charge in [0.2, 0.25) is 5.91 Å². The van der Waals surface area contributed by atoms with Crippen molar-refractivity contribution < 1.29 is 19.1 Å². The number of carbonyl (C=O) groups excluding carboxylic acids is 2. The van der Waals surface area contributed by atoms with E-state index >= 15 is 0 Å². The van der Waals surface area contributed by atoms with Crippen LogP contribution in [0.4, 0.5) is 5.69 Å². The molecule has 1 atom stereocenters. The van der Waals surface area contributed by atoms with E-state index in [0.29, 0.717) is 10.8 Å². The largest absolute Gasteiger partial charge is 0.490 e. The summed E-state index contributed by atoms with van der Waals surface area (Å²) < 4.78 is 10.6. The topological polar surface area (TPSA) is 64.6 Å². The van der Waals surface area contributed by atoms with E-state index in [0.717, 1.165) is 10.6 Å². The maximum Gasteiger partial charge on any atom is 0.307 e. The third-order valence-electron chi connectivity index (χ3n) is 3.49. The fourth-order valence-corrected chi connectivity index (χ4v) is 3.50. The van der Waals surface area contributed by atoms with Crippen molar-refractivity contribution in [3.8, 4) is 5.75 Å². The number of anilines is 1. The van der Waals surface area contributed by atoms with E-state index in [-0.39, 0.29) is 25.5 Å². The van der Waals surface area contributed by atoms with Crippen LogP contribution >= 0.6 is 23.4 Å². The first kappa shape index (κ1) is 17.6. The predicted octanol–water partition coefficient (Wildman–Crippen LogP) is 3.77. The Bertz CT molecular complexity index is 766. The summed E-state index contributed by atoms with van der Waals surface area (Å²) in [5.41, 5.74) is 0.776. The molecule has 1 aliphatic heterocycles. The smallest absolute Gasteiger partial charge is 0.307 e. The number of nitrogens with one attached hydrogen (secondary N) is 1. The summed E-state index contributed by atoms with van der Waals surface area (Å²) >= 11 is 7.17. The van der Waals surface area contributed by atoms with Crippen LogP contribution < -0.4 is 10.1 Å². The van der Waals surface area contributed by atoms with Gasteiger partial charge in [-0.15, -0.1) is 11.8 Å². The van der Waals surface area contributed by atoms with Crippen LogP contribution in [0, 0.1) is 0 Å². The fourth-order valence-electron chi connectivity index (χ4n) is 2.28. The van der Waals surface area contributed by atoms with Crippen molar-refractivity contribution in [3.63, 3.8) is 0 Å². The highest BCUT2D eigenvalue weighted by Crippen LogP contribution is 2.36. The summed E-state index contributed by atoms with van der Waals surface area (Å²) in [6.07, 6.45) is 0.0196. The Hall–Kier alpha value is -2.18. The molecule has 0 aliphatic carbocycles. The Balaban J connectivity index is 1.42. The van der Waals surface area contributed by atoms with Crippen LogP contribution in [0.1, 0.15) is 6.42 Å². The molecular formula is C18H16ClNO4S. The minimum Gasteiger partial charge on any atom is -0.490 e. The summed E-state index contributed by atoms with van der Waals surface area (Å²) in [5, 5.41) is 2.95. The average Bonchev–Trinajstić information content (AvgIpc) is 2.61. The molecule has 25 heavy (non-hydrogen) atoms. The fraction of sp³-hybridized carbons (Fsp3) is 0.222. The van der Waals surface area contributed by atoms with Crippen molar-refractivity contribution in [2.75, 3.05) is 18.5 Å². The lowest BCUT2D eigenvalue weighted by atomic mass is 10.2. The van der Waals surface area contributed by atoms with Gasteiger partial charge in [-0.25, -0.2) is 0 Å². The van der Waals surface area contributed by atoms with Crippen LogP contribution in [0.2, 0.25) is 5.02 Å². The van der Waals surface area contributed by atoms with Gasteiger partial charge < -0.3 is 14.8 Å². The third kappa shape index (κ3) is 4.90. The lowest BCUT2D eigenvalue weighted by Crippen LogP contribution is -2.31. The number of benzene rings is 2. The van der Waals surface area contributed by atoms with E-state index in [9.17, 15) is 9.59 Å². The Morgan fingerprint density at radius 2 is 1.88 bits per heavy atom. The summed E-state index contributed by atoms with van der Waals surface area (Å²) in [6.45, 7) is 0.358. The molecule has 0 unspecified atom stereocenters. The van der Waals surface area contributed by atoms with Crippen LogP contribution in [-0.4, -0.2) is 30.3 Å². The van der Waals surface area contributed by atoms with E-state index in [4.69, 9.17) is 21.1 Å². The van der Waals surface area contributed by atoms with Gasteiger partial charge >= 0.3 is 5.97 Å². The van der Waals surface area contributed by atoms with Crippen LogP contribution in [-0.2, 0) is 14.3 Å². The van der Waals surface area contributed by atoms with Gasteiger partial charge in [-0.05, 0) is 36.4 Å². The van der Waals surface area contributed by atoms with Crippen molar-refractivity contribution >= 4 is 40.9 Å². The van der Waals surface area contributed by atoms with E-state index in [1.807, 2.05) is 24.3 Å². The number of halogens is 1. The Morgan fingerprint density at radius 1 is 1.12 bits per heavy atom. The maximum atomic E-state index is 12.1. The first-order chi connectivity index (χ1) is 12.1. The van der Waals surface area contributed by atoms with E-state index < -0.39 is 11.2 Å². The van der Waals surface area contributed by atoms with E-state index in [1.165, 1.54) is 11.8 Å². The minimum absolute atomic E-state index is 0.0196. The normalized spacial score (nSPS) is 15.9. The van der Waals surface area contributed by atoms with Gasteiger partial charge in [0.05, 0.1) is 17.4 Å². The van der Waals surface area contributed by atoms with Gasteiger partial charge in [0.15, 0.2) is 0 Å². The molecule has 1 amide bonds. The first-order valence-electron chi connectivity index (χ1n) is 7.72. The minimum atomic E-state index is -0.486. The molecule has 0 fully saturated rings. The number of esters is 1. The summed E-state index contributed by atoms with van der Waals surface area (Å²) in [5.74, 6) is 0.0454. The average molecular weight is 378 g/mol. The van der Waals surface area contributed by atoms with E-state index in [2.05, 4.69) is 5.32 Å². The summed E-state index contributed by atoms with van der Waals surface area (Å²) in [7, 11) is 0. The molecule has 3 rings (SSSR count). The van der Waals surface area contributed by atoms with Crippen LogP contribution in [0.15, 0.2) is 53.4 Å². The second-order valence-corrected chi connectivity index (χ2v) is 7.00. The predicted molar refractivity (Wildman–Crippen MR) is 97.2 cm³/mol. The summed E-state index contributed by atoms with van der Waals surface area (Å²) in [4.78, 5) is 24.9. The van der Waals surface area contributed by atoms with Crippen molar-refractivity contribution in [1.29, 1.82) is 0 Å². The highest BCUT2D eigenvalue weighted by atomic mass is 35.5. The lowest BCUT2D eigenvalue weighted by molar-refractivity contribution is -0.145. The highest BCUT2D eigenvalue weighted by Gasteiger charge is 2.29. The van der Waals surface area contributed by atoms with Crippen molar-refractivity contribution in [1.82, 2.24) is 0 Å². The Kier molecular flexibility index (Phi) is 5.83. The summed E-state index contributed by atoms with van der Waals surface area (Å²) in [6, 6.07) is 14.4. The van der Waals surface area contributed by atoms with Gasteiger partial charge in [0, 0.05) is 9.92 Å². The molecule has 1 aliphatic rings. The molecule has 0 radical (unpaired) electrons. The third-order valence-corrected chi connectivity index (χ3v) is 5.01. The SMILES string of the molecule is O=C(C[C@@H]1Sc2ccccc2NC1=O)OCCOc1ccc(Cl)cc1. The molecule has 1 heterocycles. The second kappa shape index (κ2) is 8.27. The number of hydrogen-bond acceptors (Lipinski definition) is 5. The van der Waals surface area contributed by atoms with Crippen LogP contribution in [0.3, 0.4) is 0 Å². The number of ether oxygens (including phenoxy) is 2. The van der Waals surface area contributed by atoms with Gasteiger partial charge in [0.25, 0.3) is 0 Å². The number of amides is 1. The molecule has 0 saturated heterocycles. The maximum absolute atomic E-state index is 12.1. The molecule has 130 valence electrons. The standard InChI is InChI=1S/C18H16ClNO4S/c19-12-5-7-13(8-6-12)23-9-10-24-17(21)11-16-18(22)20-14-3-1-2-4-15(14)25-16/h1-8,16H,9-11H2,(H,20,22)/t16-/m0/s1. The van der Waals surface area contributed by atoms with Crippen molar-refractivity contribution in [2.24, 2.45) is 0 Å². The van der Waals surface area contributed by atoms with Crippen molar-refractivity contribution in [2.45, 2.75) is 16.6 Å². The number of thioether (sulfide) groups is 1. The molecular weight excluding hydrogens is 362 g/mol. The van der Waals surface area contributed by atoms with Crippen LogP contribution in [0.5, 0.6) is 5.75 Å². The van der Waals surface area contributed by atoms with Crippen LogP contribution in [0.25, 0.3) is 0 Å². The zero-order valence-corrected chi connectivity index (χ0v) is 14.8. The zero-order chi connectivity index (χ0) is 17.6. The van der Waals surface area contributed by atoms with Gasteiger partial charge in [-0.1, -0.05) is 23.7 Å². The number of rotatable bonds is 6. The Morgan fingerprint density at radius 3 is 2.68 bits per heavy atom. The molecule has 5 nitrogen and oxygen atoms in total.